The van der Waals surface area contributed by atoms with Gasteiger partial charge in [-0.3, -0.25) is 14.5 Å². The third-order valence-corrected chi connectivity index (χ3v) is 6.23. The van der Waals surface area contributed by atoms with Gasteiger partial charge < -0.3 is 26.6 Å². The molecule has 0 radical (unpaired) electrons. The quantitative estimate of drug-likeness (QED) is 0.0818. The van der Waals surface area contributed by atoms with E-state index >= 15 is 0 Å². The van der Waals surface area contributed by atoms with E-state index in [4.69, 9.17) is 28.4 Å². The van der Waals surface area contributed by atoms with Gasteiger partial charge in [-0.25, -0.2) is 4.98 Å². The van der Waals surface area contributed by atoms with Crippen LogP contribution in [-0.4, -0.2) is 66.3 Å². The molecule has 2 aliphatic heterocycles. The molecule has 0 aromatic carbocycles. The third kappa shape index (κ3) is 4.57. The fraction of sp³-hybridized carbons (Fsp3) is 0.286. The number of nitrogen functional groups attached to an aromatic ring is 1. The minimum Gasteiger partial charge on any atom is -0.863 e. The summed E-state index contributed by atoms with van der Waals surface area (Å²) in [6.45, 7) is 0. The van der Waals surface area contributed by atoms with E-state index in [-0.39, 0.29) is 58.2 Å². The summed E-state index contributed by atoms with van der Waals surface area (Å²) in [6.07, 6.45) is 1.36. The van der Waals surface area contributed by atoms with Crippen LogP contribution in [0.15, 0.2) is 27.0 Å². The van der Waals surface area contributed by atoms with Gasteiger partial charge in [0.2, 0.25) is 0 Å². The second kappa shape index (κ2) is 9.86. The Morgan fingerprint density at radius 3 is 2.83 bits per heavy atom. The van der Waals surface area contributed by atoms with Crippen LogP contribution < -0.4 is 45.7 Å². The molecule has 0 spiro atoms. The van der Waals surface area contributed by atoms with Crippen molar-refractivity contribution in [1.29, 1.82) is 0 Å². The van der Waals surface area contributed by atoms with Gasteiger partial charge in [-0.05, 0) is 10.6 Å². The first-order valence-electron chi connectivity index (χ1n) is 7.67. The van der Waals surface area contributed by atoms with Gasteiger partial charge in [-0.2, -0.15) is 0 Å². The first-order chi connectivity index (χ1) is 13.4. The van der Waals surface area contributed by atoms with Gasteiger partial charge in [0.15, 0.2) is 10.8 Å². The number of hydrogen-bond acceptors (Lipinski definition) is 12. The van der Waals surface area contributed by atoms with E-state index in [0.717, 1.165) is 11.3 Å². The summed E-state index contributed by atoms with van der Waals surface area (Å²) < 4.78 is 0. The van der Waals surface area contributed by atoms with Crippen molar-refractivity contribution in [2.75, 3.05) is 11.5 Å². The molecule has 5 N–H and O–H groups in total. The van der Waals surface area contributed by atoms with Crippen LogP contribution in [-0.2, 0) is 9.59 Å². The SMILES string of the molecule is Nc1nc(/C(=N/O)C(=O)NC2C(=O)N3C(C([O-])=S)=C(CC=NO)CS[C@H]23)cs1.[Na+]. The maximum Gasteiger partial charge on any atom is 1.00 e. The molecule has 148 valence electrons. The second-order valence-corrected chi connectivity index (χ2v) is 7.99. The van der Waals surface area contributed by atoms with Gasteiger partial charge >= 0.3 is 29.6 Å². The number of nitrogens with one attached hydrogen (secondary N) is 1. The van der Waals surface area contributed by atoms with E-state index in [1.807, 2.05) is 0 Å². The number of rotatable bonds is 6. The smallest absolute Gasteiger partial charge is 0.863 e. The van der Waals surface area contributed by atoms with Gasteiger partial charge in [0, 0.05) is 29.5 Å². The summed E-state index contributed by atoms with van der Waals surface area (Å²) >= 11 is 7.12. The molecule has 1 saturated heterocycles. The van der Waals surface area contributed by atoms with E-state index in [9.17, 15) is 14.7 Å². The molecular weight excluding hydrogens is 451 g/mol. The van der Waals surface area contributed by atoms with Gasteiger partial charge in [-0.1, -0.05) is 17.4 Å². The van der Waals surface area contributed by atoms with Crippen LogP contribution in [0.2, 0.25) is 0 Å². The molecular formula is C14H13N6NaO5S3. The van der Waals surface area contributed by atoms with Crippen molar-refractivity contribution in [2.45, 2.75) is 17.8 Å². The summed E-state index contributed by atoms with van der Waals surface area (Å²) in [5.74, 6) is -0.958. The van der Waals surface area contributed by atoms with Gasteiger partial charge in [-0.15, -0.1) is 28.3 Å². The maximum absolute atomic E-state index is 12.6. The fourth-order valence-electron chi connectivity index (χ4n) is 2.80. The summed E-state index contributed by atoms with van der Waals surface area (Å²) in [7, 11) is 0. The molecule has 1 fully saturated rings. The van der Waals surface area contributed by atoms with Crippen molar-refractivity contribution >= 4 is 69.2 Å². The Balaban J connectivity index is 0.00000300. The Morgan fingerprint density at radius 1 is 1.55 bits per heavy atom. The molecule has 1 aromatic heterocycles. The number of thiocarbonyl (C=S) groups is 1. The van der Waals surface area contributed by atoms with Crippen molar-refractivity contribution in [3.05, 3.63) is 22.3 Å². The molecule has 1 aromatic rings. The molecule has 29 heavy (non-hydrogen) atoms. The first kappa shape index (κ1) is 23.6. The largest absolute Gasteiger partial charge is 1.00 e. The Kier molecular flexibility index (Phi) is 8.02. The molecule has 3 rings (SSSR count). The van der Waals surface area contributed by atoms with E-state index in [0.29, 0.717) is 11.3 Å². The molecule has 2 amide bonds. The minimum absolute atomic E-state index is 0. The molecule has 3 heterocycles. The van der Waals surface area contributed by atoms with Crippen LogP contribution >= 0.6 is 35.3 Å². The predicted molar refractivity (Wildman–Crippen MR) is 104 cm³/mol. The number of carbonyl (C=O) groups is 2. The molecule has 11 nitrogen and oxygen atoms in total. The number of aromatic nitrogens is 1. The third-order valence-electron chi connectivity index (χ3n) is 4.03. The number of carbonyl (C=O) groups excluding carboxylic acids is 2. The average Bonchev–Trinajstić information content (AvgIpc) is 3.09. The maximum atomic E-state index is 12.6. The number of fused-ring (bicyclic) bond motifs is 1. The normalized spacial score (nSPS) is 21.4. The van der Waals surface area contributed by atoms with E-state index in [1.54, 1.807) is 0 Å². The Labute approximate surface area is 200 Å². The zero-order valence-electron chi connectivity index (χ0n) is 14.9. The minimum atomic E-state index is -0.928. The van der Waals surface area contributed by atoms with Crippen LogP contribution in [0.3, 0.4) is 0 Å². The molecule has 15 heteroatoms. The van der Waals surface area contributed by atoms with Crippen molar-refractivity contribution in [2.24, 2.45) is 10.3 Å². The molecule has 0 bridgehead atoms. The molecule has 0 saturated carbocycles. The zero-order chi connectivity index (χ0) is 20.4. The van der Waals surface area contributed by atoms with Crippen molar-refractivity contribution in [3.8, 4) is 0 Å². The topological polar surface area (TPSA) is 177 Å². The number of hydrogen-bond donors (Lipinski definition) is 4. The number of thioether (sulfide) groups is 1. The molecule has 1 unspecified atom stereocenters. The Bertz CT molecular complexity index is 933. The van der Waals surface area contributed by atoms with Crippen LogP contribution in [0.25, 0.3) is 0 Å². The molecule has 2 atom stereocenters. The number of oxime groups is 2. The number of anilines is 1. The van der Waals surface area contributed by atoms with Crippen molar-refractivity contribution < 1.29 is 54.7 Å². The summed E-state index contributed by atoms with van der Waals surface area (Å²) in [6, 6.07) is -0.928. The standard InChI is InChI=1S/C14H14N6O5S3.Na/c15-14-17-6(4-28-14)7(19-25)10(21)18-8-11(22)20-9(13(23)26)5(1-2-16-24)3-27-12(8)20;/h2,4,8,12,24-25H,1,3H2,(H2,15,17)(H,18,21)(H,23,26);/q;+1/p-1/b16-2?,19-7-;/t8?,12-;/m1./s1. The average molecular weight is 464 g/mol. The van der Waals surface area contributed by atoms with Crippen molar-refractivity contribution in [3.63, 3.8) is 0 Å². The van der Waals surface area contributed by atoms with Crippen LogP contribution in [0.1, 0.15) is 12.1 Å². The molecule has 2 aliphatic rings. The zero-order valence-corrected chi connectivity index (χ0v) is 19.4. The fourth-order valence-corrected chi connectivity index (χ4v) is 4.95. The van der Waals surface area contributed by atoms with Gasteiger partial charge in [0.1, 0.15) is 17.1 Å². The number of amides is 2. The van der Waals surface area contributed by atoms with Gasteiger partial charge in [0.25, 0.3) is 11.8 Å². The van der Waals surface area contributed by atoms with Crippen LogP contribution in [0.5, 0.6) is 0 Å². The van der Waals surface area contributed by atoms with E-state index < -0.39 is 28.3 Å². The van der Waals surface area contributed by atoms with E-state index in [1.165, 1.54) is 28.3 Å². The van der Waals surface area contributed by atoms with Crippen molar-refractivity contribution in [1.82, 2.24) is 15.2 Å². The summed E-state index contributed by atoms with van der Waals surface area (Å²) in [5, 5.41) is 38.3. The van der Waals surface area contributed by atoms with Gasteiger partial charge in [0.05, 0.1) is 0 Å². The summed E-state index contributed by atoms with van der Waals surface area (Å²) in [4.78, 5) is 30.1. The number of nitrogens with two attached hydrogens (primary N) is 1. The van der Waals surface area contributed by atoms with E-state index in [2.05, 4.69) is 20.6 Å². The monoisotopic (exact) mass is 464 g/mol. The second-order valence-electron chi connectivity index (χ2n) is 5.62. The Hall–Kier alpha value is -1.71. The number of nitrogens with zero attached hydrogens (tertiary/aromatic N) is 4. The Morgan fingerprint density at radius 2 is 2.28 bits per heavy atom. The van der Waals surface area contributed by atoms with Crippen LogP contribution in [0.4, 0.5) is 5.13 Å². The van der Waals surface area contributed by atoms with Crippen LogP contribution in [0, 0.1) is 0 Å². The number of thiazole rings is 1. The molecule has 0 aliphatic carbocycles. The first-order valence-corrected chi connectivity index (χ1v) is 10.0. The summed E-state index contributed by atoms with van der Waals surface area (Å²) in [5.41, 5.74) is 5.84. The predicted octanol–water partition coefficient (Wildman–Crippen LogP) is -3.90. The number of β-lactam (4-membered cyclic amide) rings is 1.